The number of carbonyl (C=O) groups excluding carboxylic acids is 1. The van der Waals surface area contributed by atoms with Gasteiger partial charge in [0.15, 0.2) is 5.82 Å². The molecule has 0 fully saturated rings. The zero-order valence-corrected chi connectivity index (χ0v) is 10.5. The van der Waals surface area contributed by atoms with Crippen molar-refractivity contribution in [2.24, 2.45) is 7.05 Å². The first kappa shape index (κ1) is 11.5. The topological polar surface area (TPSA) is 69.4 Å². The fourth-order valence-corrected chi connectivity index (χ4v) is 2.10. The number of carbonyl (C=O) groups is 1. The van der Waals surface area contributed by atoms with Crippen molar-refractivity contribution in [2.45, 2.75) is 6.54 Å². The summed E-state index contributed by atoms with van der Waals surface area (Å²) in [6.07, 6.45) is 0. The van der Waals surface area contributed by atoms with Crippen LogP contribution in [0.1, 0.15) is 5.82 Å². The SMILES string of the molecule is COc1ccc(N2Cc3nn(C)c(=O)n3C2=O)cc1. The van der Waals surface area contributed by atoms with Crippen molar-refractivity contribution in [3.05, 3.63) is 40.6 Å². The zero-order chi connectivity index (χ0) is 13.6. The molecule has 2 aromatic rings. The van der Waals surface area contributed by atoms with Gasteiger partial charge in [-0.1, -0.05) is 0 Å². The Hall–Kier alpha value is -2.57. The third-order valence-electron chi connectivity index (χ3n) is 3.10. The van der Waals surface area contributed by atoms with Gasteiger partial charge >= 0.3 is 11.7 Å². The summed E-state index contributed by atoms with van der Waals surface area (Å²) >= 11 is 0. The molecular formula is C12H12N4O3. The van der Waals surface area contributed by atoms with Crippen LogP contribution in [-0.2, 0) is 13.6 Å². The third-order valence-corrected chi connectivity index (χ3v) is 3.10. The molecule has 1 amide bonds. The Balaban J connectivity index is 1.97. The van der Waals surface area contributed by atoms with Gasteiger partial charge in [0.05, 0.1) is 13.7 Å². The molecule has 0 aliphatic carbocycles. The molecule has 3 rings (SSSR count). The van der Waals surface area contributed by atoms with Gasteiger partial charge in [-0.2, -0.15) is 9.67 Å². The summed E-state index contributed by atoms with van der Waals surface area (Å²) in [5, 5.41) is 4.03. The maximum Gasteiger partial charge on any atom is 0.354 e. The van der Waals surface area contributed by atoms with E-state index >= 15 is 0 Å². The summed E-state index contributed by atoms with van der Waals surface area (Å²) in [4.78, 5) is 25.4. The molecule has 1 aromatic heterocycles. The smallest absolute Gasteiger partial charge is 0.354 e. The Morgan fingerprint density at radius 1 is 1.21 bits per heavy atom. The Kier molecular flexibility index (Phi) is 2.41. The predicted octanol–water partition coefficient (Wildman–Crippen LogP) is 0.579. The lowest BCUT2D eigenvalue weighted by Crippen LogP contribution is -2.33. The van der Waals surface area contributed by atoms with E-state index in [4.69, 9.17) is 4.74 Å². The molecule has 0 bridgehead atoms. The number of rotatable bonds is 2. The summed E-state index contributed by atoms with van der Waals surface area (Å²) in [5.74, 6) is 1.16. The second kappa shape index (κ2) is 3.98. The number of anilines is 1. The van der Waals surface area contributed by atoms with Gasteiger partial charge in [0.2, 0.25) is 0 Å². The van der Waals surface area contributed by atoms with Crippen molar-refractivity contribution in [1.29, 1.82) is 0 Å². The van der Waals surface area contributed by atoms with Crippen LogP contribution < -0.4 is 15.3 Å². The van der Waals surface area contributed by atoms with Crippen LogP contribution in [0.5, 0.6) is 5.75 Å². The summed E-state index contributed by atoms with van der Waals surface area (Å²) < 4.78 is 7.32. The Morgan fingerprint density at radius 3 is 2.47 bits per heavy atom. The van der Waals surface area contributed by atoms with Crippen molar-refractivity contribution >= 4 is 11.7 Å². The minimum absolute atomic E-state index is 0.293. The number of aromatic nitrogens is 3. The van der Waals surface area contributed by atoms with Gasteiger partial charge in [-0.3, -0.25) is 4.90 Å². The molecule has 7 heteroatoms. The van der Waals surface area contributed by atoms with E-state index in [0.717, 1.165) is 4.57 Å². The normalized spacial score (nSPS) is 13.8. The zero-order valence-electron chi connectivity index (χ0n) is 10.5. The van der Waals surface area contributed by atoms with E-state index in [9.17, 15) is 9.59 Å². The number of hydrogen-bond acceptors (Lipinski definition) is 4. The molecular weight excluding hydrogens is 248 g/mol. The highest BCUT2D eigenvalue weighted by Gasteiger charge is 2.32. The van der Waals surface area contributed by atoms with Crippen molar-refractivity contribution in [2.75, 3.05) is 12.0 Å². The number of nitrogens with zero attached hydrogens (tertiary/aromatic N) is 4. The van der Waals surface area contributed by atoms with Gasteiger partial charge in [0, 0.05) is 12.7 Å². The number of ether oxygens (including phenoxy) is 1. The molecule has 0 unspecified atom stereocenters. The predicted molar refractivity (Wildman–Crippen MR) is 67.4 cm³/mol. The third kappa shape index (κ3) is 1.62. The number of hydrogen-bond donors (Lipinski definition) is 0. The quantitative estimate of drug-likeness (QED) is 0.792. The van der Waals surface area contributed by atoms with Crippen molar-refractivity contribution < 1.29 is 9.53 Å². The molecule has 1 aliphatic rings. The summed E-state index contributed by atoms with van der Waals surface area (Å²) in [6, 6.07) is 6.70. The molecule has 0 saturated carbocycles. The summed E-state index contributed by atoms with van der Waals surface area (Å²) in [6.45, 7) is 0.293. The van der Waals surface area contributed by atoms with Crippen molar-refractivity contribution in [1.82, 2.24) is 14.3 Å². The fraction of sp³-hybridized carbons (Fsp3) is 0.250. The molecule has 0 atom stereocenters. The highest BCUT2D eigenvalue weighted by molar-refractivity contribution is 5.96. The number of fused-ring (bicyclic) bond motifs is 1. The standard InChI is InChI=1S/C12H12N4O3/c1-14-11(17)16-10(13-14)7-15(12(16)18)8-3-5-9(19-2)6-4-8/h3-6H,7H2,1-2H3. The first-order chi connectivity index (χ1) is 9.11. The van der Waals surface area contributed by atoms with Gasteiger partial charge in [-0.15, -0.1) is 0 Å². The largest absolute Gasteiger partial charge is 0.497 e. The lowest BCUT2D eigenvalue weighted by Gasteiger charge is -2.14. The van der Waals surface area contributed by atoms with Crippen LogP contribution >= 0.6 is 0 Å². The molecule has 0 saturated heterocycles. The molecule has 0 spiro atoms. The van der Waals surface area contributed by atoms with Gasteiger partial charge in [-0.25, -0.2) is 14.3 Å². The van der Waals surface area contributed by atoms with Gasteiger partial charge in [0.1, 0.15) is 5.75 Å². The second-order valence-corrected chi connectivity index (χ2v) is 4.22. The fourth-order valence-electron chi connectivity index (χ4n) is 2.10. The number of aryl methyl sites for hydroxylation is 1. The minimum atomic E-state index is -0.420. The highest BCUT2D eigenvalue weighted by Crippen LogP contribution is 2.24. The average Bonchev–Trinajstić information content (AvgIpc) is 2.88. The Labute approximate surface area is 108 Å². The monoisotopic (exact) mass is 260 g/mol. The van der Waals surface area contributed by atoms with E-state index in [1.54, 1.807) is 31.4 Å². The number of amides is 1. The molecule has 1 aromatic carbocycles. The van der Waals surface area contributed by atoms with E-state index in [-0.39, 0.29) is 6.03 Å². The van der Waals surface area contributed by atoms with E-state index in [2.05, 4.69) is 5.10 Å². The Morgan fingerprint density at radius 2 is 1.89 bits per heavy atom. The summed E-state index contributed by atoms with van der Waals surface area (Å²) in [7, 11) is 3.11. The van der Waals surface area contributed by atoms with Crippen LogP contribution in [0.15, 0.2) is 29.1 Å². The average molecular weight is 260 g/mol. The van der Waals surface area contributed by atoms with Gasteiger partial charge < -0.3 is 4.74 Å². The number of methoxy groups -OCH3 is 1. The van der Waals surface area contributed by atoms with Crippen molar-refractivity contribution in [3.8, 4) is 5.75 Å². The van der Waals surface area contributed by atoms with Gasteiger partial charge in [-0.05, 0) is 24.3 Å². The number of benzene rings is 1. The first-order valence-corrected chi connectivity index (χ1v) is 5.72. The van der Waals surface area contributed by atoms with E-state index in [1.165, 1.54) is 16.6 Å². The minimum Gasteiger partial charge on any atom is -0.497 e. The van der Waals surface area contributed by atoms with Crippen LogP contribution in [0.2, 0.25) is 0 Å². The maximum absolute atomic E-state index is 12.2. The molecule has 98 valence electrons. The van der Waals surface area contributed by atoms with E-state index < -0.39 is 5.69 Å². The first-order valence-electron chi connectivity index (χ1n) is 5.72. The van der Waals surface area contributed by atoms with Crippen LogP contribution in [0.3, 0.4) is 0 Å². The second-order valence-electron chi connectivity index (χ2n) is 4.22. The van der Waals surface area contributed by atoms with E-state index in [1.807, 2.05) is 0 Å². The molecule has 7 nitrogen and oxygen atoms in total. The molecule has 0 N–H and O–H groups in total. The van der Waals surface area contributed by atoms with Crippen LogP contribution in [0, 0.1) is 0 Å². The van der Waals surface area contributed by atoms with Crippen molar-refractivity contribution in [3.63, 3.8) is 0 Å². The van der Waals surface area contributed by atoms with Crippen LogP contribution in [0.4, 0.5) is 10.5 Å². The van der Waals surface area contributed by atoms with Crippen LogP contribution in [-0.4, -0.2) is 27.5 Å². The molecule has 1 aliphatic heterocycles. The molecule has 2 heterocycles. The lowest BCUT2D eigenvalue weighted by molar-refractivity contribution is 0.250. The van der Waals surface area contributed by atoms with E-state index in [0.29, 0.717) is 23.8 Å². The highest BCUT2D eigenvalue weighted by atomic mass is 16.5. The maximum atomic E-state index is 12.2. The molecule has 19 heavy (non-hydrogen) atoms. The van der Waals surface area contributed by atoms with Crippen LogP contribution in [0.25, 0.3) is 0 Å². The molecule has 0 radical (unpaired) electrons. The van der Waals surface area contributed by atoms with Gasteiger partial charge in [0.25, 0.3) is 0 Å². The Bertz CT molecular complexity index is 699. The summed E-state index contributed by atoms with van der Waals surface area (Å²) in [5.41, 5.74) is 0.286. The lowest BCUT2D eigenvalue weighted by atomic mass is 10.3.